The van der Waals surface area contributed by atoms with Gasteiger partial charge in [-0.05, 0) is 36.6 Å². The predicted molar refractivity (Wildman–Crippen MR) is 75.9 cm³/mol. The maximum absolute atomic E-state index is 13.3. The number of nitrogens with one attached hydrogen (secondary N) is 1. The van der Waals surface area contributed by atoms with E-state index in [0.717, 1.165) is 10.0 Å². The van der Waals surface area contributed by atoms with E-state index in [4.69, 9.17) is 5.73 Å². The number of hydrogen-bond donors (Lipinski definition) is 2. The highest BCUT2D eigenvalue weighted by Crippen LogP contribution is 2.26. The molecule has 0 aromatic heterocycles. The van der Waals surface area contributed by atoms with Crippen LogP contribution in [0.1, 0.15) is 43.7 Å². The Balaban J connectivity index is 2.09. The third-order valence-electron chi connectivity index (χ3n) is 3.61. The molecule has 0 spiro atoms. The summed E-state index contributed by atoms with van der Waals surface area (Å²) in [5, 5.41) is 3.57. The Kier molecular flexibility index (Phi) is 5.15. The van der Waals surface area contributed by atoms with Crippen molar-refractivity contribution in [1.82, 2.24) is 5.32 Å². The summed E-state index contributed by atoms with van der Waals surface area (Å²) in [5.74, 6) is -0.211. The summed E-state index contributed by atoms with van der Waals surface area (Å²) >= 11 is 3.47. The minimum Gasteiger partial charge on any atom is -0.329 e. The molecule has 3 N–H and O–H groups in total. The lowest BCUT2D eigenvalue weighted by atomic mass is 9.94. The molecule has 0 saturated heterocycles. The van der Waals surface area contributed by atoms with Gasteiger partial charge in [0.05, 0.1) is 0 Å². The van der Waals surface area contributed by atoms with E-state index in [1.165, 1.54) is 38.2 Å². The topological polar surface area (TPSA) is 38.0 Å². The van der Waals surface area contributed by atoms with E-state index in [-0.39, 0.29) is 11.9 Å². The number of nitrogens with two attached hydrogens (primary N) is 1. The van der Waals surface area contributed by atoms with Crippen LogP contribution in [0.25, 0.3) is 0 Å². The number of benzene rings is 1. The lowest BCUT2D eigenvalue weighted by Crippen LogP contribution is -2.38. The summed E-state index contributed by atoms with van der Waals surface area (Å²) < 4.78 is 14.3. The average molecular weight is 315 g/mol. The van der Waals surface area contributed by atoms with Crippen LogP contribution in [0.2, 0.25) is 0 Å². The Morgan fingerprint density at radius 1 is 1.33 bits per heavy atom. The van der Waals surface area contributed by atoms with Crippen molar-refractivity contribution in [2.24, 2.45) is 5.73 Å². The van der Waals surface area contributed by atoms with Gasteiger partial charge in [0.1, 0.15) is 5.82 Å². The van der Waals surface area contributed by atoms with Gasteiger partial charge in [-0.1, -0.05) is 35.2 Å². The average Bonchev–Trinajstić information content (AvgIpc) is 2.40. The van der Waals surface area contributed by atoms with Gasteiger partial charge in [0.15, 0.2) is 0 Å². The fourth-order valence-electron chi connectivity index (χ4n) is 2.62. The van der Waals surface area contributed by atoms with Crippen molar-refractivity contribution in [2.75, 3.05) is 6.54 Å². The fraction of sp³-hybridized carbons (Fsp3) is 0.571. The van der Waals surface area contributed by atoms with Crippen LogP contribution in [-0.2, 0) is 0 Å². The summed E-state index contributed by atoms with van der Waals surface area (Å²) in [5.41, 5.74) is 6.75. The smallest absolute Gasteiger partial charge is 0.123 e. The van der Waals surface area contributed by atoms with Crippen LogP contribution in [0.3, 0.4) is 0 Å². The number of hydrogen-bond acceptors (Lipinski definition) is 2. The van der Waals surface area contributed by atoms with Crippen LogP contribution in [0.5, 0.6) is 0 Å². The van der Waals surface area contributed by atoms with Crippen LogP contribution in [0.15, 0.2) is 22.7 Å². The van der Waals surface area contributed by atoms with Crippen molar-refractivity contribution >= 4 is 15.9 Å². The Labute approximate surface area is 116 Å². The van der Waals surface area contributed by atoms with E-state index in [2.05, 4.69) is 21.2 Å². The molecule has 18 heavy (non-hydrogen) atoms. The van der Waals surface area contributed by atoms with Crippen molar-refractivity contribution in [1.29, 1.82) is 0 Å². The summed E-state index contributed by atoms with van der Waals surface area (Å²) in [4.78, 5) is 0. The van der Waals surface area contributed by atoms with Gasteiger partial charge in [0.25, 0.3) is 0 Å². The molecule has 1 saturated carbocycles. The number of halogens is 2. The minimum absolute atomic E-state index is 0.0261. The monoisotopic (exact) mass is 314 g/mol. The molecule has 0 bridgehead atoms. The van der Waals surface area contributed by atoms with Gasteiger partial charge in [-0.2, -0.15) is 0 Å². The van der Waals surface area contributed by atoms with Crippen LogP contribution >= 0.6 is 15.9 Å². The summed E-state index contributed by atoms with van der Waals surface area (Å²) in [6, 6.07) is 5.32. The molecule has 1 aliphatic rings. The molecule has 2 nitrogen and oxygen atoms in total. The van der Waals surface area contributed by atoms with Gasteiger partial charge >= 0.3 is 0 Å². The molecule has 0 aliphatic heterocycles. The van der Waals surface area contributed by atoms with Crippen molar-refractivity contribution in [3.05, 3.63) is 34.1 Å². The second-order valence-corrected chi connectivity index (χ2v) is 5.81. The highest BCUT2D eigenvalue weighted by molar-refractivity contribution is 9.10. The van der Waals surface area contributed by atoms with Gasteiger partial charge in [0, 0.05) is 23.1 Å². The first-order valence-electron chi connectivity index (χ1n) is 6.62. The standard InChI is InChI=1S/C14H20BrFN2/c15-13-7-6-10(16)8-12(13)14(9-17)18-11-4-2-1-3-5-11/h6-8,11,14,18H,1-5,9,17H2. The van der Waals surface area contributed by atoms with Gasteiger partial charge < -0.3 is 11.1 Å². The Morgan fingerprint density at radius 2 is 2.06 bits per heavy atom. The first kappa shape index (κ1) is 14.0. The lowest BCUT2D eigenvalue weighted by molar-refractivity contribution is 0.340. The van der Waals surface area contributed by atoms with Crippen LogP contribution < -0.4 is 11.1 Å². The molecule has 1 atom stereocenters. The van der Waals surface area contributed by atoms with E-state index in [1.807, 2.05) is 0 Å². The second-order valence-electron chi connectivity index (χ2n) is 4.96. The molecule has 1 fully saturated rings. The van der Waals surface area contributed by atoms with Crippen molar-refractivity contribution in [3.63, 3.8) is 0 Å². The molecule has 2 rings (SSSR count). The second kappa shape index (κ2) is 6.64. The first-order chi connectivity index (χ1) is 8.70. The van der Waals surface area contributed by atoms with Crippen LogP contribution in [0, 0.1) is 5.82 Å². The van der Waals surface area contributed by atoms with Crippen molar-refractivity contribution in [2.45, 2.75) is 44.2 Å². The third-order valence-corrected chi connectivity index (χ3v) is 4.33. The zero-order valence-electron chi connectivity index (χ0n) is 10.5. The summed E-state index contributed by atoms with van der Waals surface area (Å²) in [6.07, 6.45) is 6.28. The molecule has 0 amide bonds. The summed E-state index contributed by atoms with van der Waals surface area (Å²) in [7, 11) is 0. The zero-order valence-corrected chi connectivity index (χ0v) is 12.0. The molecule has 1 aromatic carbocycles. The number of rotatable bonds is 4. The van der Waals surface area contributed by atoms with Crippen molar-refractivity contribution < 1.29 is 4.39 Å². The van der Waals surface area contributed by atoms with E-state index in [9.17, 15) is 4.39 Å². The van der Waals surface area contributed by atoms with Crippen molar-refractivity contribution in [3.8, 4) is 0 Å². The Morgan fingerprint density at radius 3 is 2.72 bits per heavy atom. The molecule has 0 radical (unpaired) electrons. The predicted octanol–water partition coefficient (Wildman–Crippen LogP) is 3.51. The molecule has 1 aromatic rings. The van der Waals surface area contributed by atoms with Crippen LogP contribution in [0.4, 0.5) is 4.39 Å². The normalized spacial score (nSPS) is 18.8. The lowest BCUT2D eigenvalue weighted by Gasteiger charge is -2.28. The van der Waals surface area contributed by atoms with Gasteiger partial charge in [-0.25, -0.2) is 4.39 Å². The maximum Gasteiger partial charge on any atom is 0.123 e. The van der Waals surface area contributed by atoms with Gasteiger partial charge in [-0.15, -0.1) is 0 Å². The third kappa shape index (κ3) is 3.53. The first-order valence-corrected chi connectivity index (χ1v) is 7.41. The maximum atomic E-state index is 13.3. The van der Waals surface area contributed by atoms with E-state index < -0.39 is 0 Å². The molecule has 1 unspecified atom stereocenters. The fourth-order valence-corrected chi connectivity index (χ4v) is 3.14. The highest BCUT2D eigenvalue weighted by atomic mass is 79.9. The largest absolute Gasteiger partial charge is 0.329 e. The molecule has 0 heterocycles. The van der Waals surface area contributed by atoms with Crippen LogP contribution in [-0.4, -0.2) is 12.6 Å². The molecular weight excluding hydrogens is 295 g/mol. The van der Waals surface area contributed by atoms with Gasteiger partial charge in [0.2, 0.25) is 0 Å². The van der Waals surface area contributed by atoms with E-state index in [1.54, 1.807) is 12.1 Å². The SMILES string of the molecule is NCC(NC1CCCCC1)c1cc(F)ccc1Br. The molecule has 4 heteroatoms. The summed E-state index contributed by atoms with van der Waals surface area (Å²) in [6.45, 7) is 0.485. The zero-order chi connectivity index (χ0) is 13.0. The Bertz CT molecular complexity index is 391. The van der Waals surface area contributed by atoms with E-state index in [0.29, 0.717) is 12.6 Å². The molecule has 100 valence electrons. The highest BCUT2D eigenvalue weighted by Gasteiger charge is 2.20. The van der Waals surface area contributed by atoms with E-state index >= 15 is 0 Å². The minimum atomic E-state index is -0.211. The molecule has 1 aliphatic carbocycles. The Hall–Kier alpha value is -0.450. The molecular formula is C14H20BrFN2. The quantitative estimate of drug-likeness (QED) is 0.892. The van der Waals surface area contributed by atoms with Gasteiger partial charge in [-0.3, -0.25) is 0 Å².